The van der Waals surface area contributed by atoms with Gasteiger partial charge in [-0.1, -0.05) is 0 Å². The van der Waals surface area contributed by atoms with Gasteiger partial charge in [0.1, 0.15) is 23.4 Å². The summed E-state index contributed by atoms with van der Waals surface area (Å²) in [4.78, 5) is 38.5. The van der Waals surface area contributed by atoms with E-state index in [1.807, 2.05) is 6.07 Å². The van der Waals surface area contributed by atoms with E-state index in [1.165, 1.54) is 17.7 Å². The van der Waals surface area contributed by atoms with Gasteiger partial charge in [-0.25, -0.2) is 15.0 Å². The molecule has 1 aliphatic rings. The van der Waals surface area contributed by atoms with Crippen molar-refractivity contribution in [2.75, 3.05) is 5.32 Å². The van der Waals surface area contributed by atoms with Gasteiger partial charge in [-0.05, 0) is 12.5 Å². The quantitative estimate of drug-likeness (QED) is 0.673. The lowest BCUT2D eigenvalue weighted by molar-refractivity contribution is -0.139. The molecule has 2 atom stereocenters. The summed E-state index contributed by atoms with van der Waals surface area (Å²) in [5, 5.41) is 14.6. The average molecular weight is 333 g/mol. The topological polar surface area (TPSA) is 121 Å². The molecule has 3 aromatic heterocycles. The zero-order chi connectivity index (χ0) is 16.0. The number of nitrogens with zero attached hydrogens (tertiary/aromatic N) is 3. The molecule has 9 heteroatoms. The molecule has 1 amide bonds. The fourth-order valence-electron chi connectivity index (χ4n) is 2.47. The molecule has 0 spiro atoms. The van der Waals surface area contributed by atoms with E-state index < -0.39 is 17.8 Å². The molecule has 0 bridgehead atoms. The Hall–Kier alpha value is -2.81. The van der Waals surface area contributed by atoms with Crippen LogP contribution in [0.15, 0.2) is 24.0 Å². The zero-order valence-electron chi connectivity index (χ0n) is 11.7. The number of nitrogens with one attached hydrogen (secondary N) is 2. The Morgan fingerprint density at radius 3 is 3.04 bits per heavy atom. The number of aromatic amines is 1. The van der Waals surface area contributed by atoms with Crippen molar-refractivity contribution >= 4 is 39.4 Å². The number of carboxylic acids is 1. The third-order valence-corrected chi connectivity index (χ3v) is 4.53. The van der Waals surface area contributed by atoms with E-state index in [0.29, 0.717) is 22.9 Å². The molecule has 0 radical (unpaired) electrons. The molecular formula is C14H15N5O3S. The summed E-state index contributed by atoms with van der Waals surface area (Å²) in [5.41, 5.74) is 2.04. The van der Waals surface area contributed by atoms with Crippen LogP contribution < -0.4 is 5.32 Å². The minimum Gasteiger partial charge on any atom is -0.481 e. The van der Waals surface area contributed by atoms with Crippen molar-refractivity contribution < 1.29 is 17.5 Å². The minimum absolute atomic E-state index is 0. The van der Waals surface area contributed by atoms with Gasteiger partial charge in [0.05, 0.1) is 11.8 Å². The maximum atomic E-state index is 12.0. The van der Waals surface area contributed by atoms with Crippen LogP contribution in [-0.2, 0) is 9.59 Å². The molecule has 0 unspecified atom stereocenters. The van der Waals surface area contributed by atoms with Crippen molar-refractivity contribution in [3.63, 3.8) is 0 Å². The fraction of sp³-hybridized carbons (Fsp3) is 0.214. The smallest absolute Gasteiger partial charge is 0.307 e. The average Bonchev–Trinajstić information content (AvgIpc) is 2.98. The Balaban J connectivity index is 0.00000113. The number of hydrogen-bond donors (Lipinski definition) is 3. The summed E-state index contributed by atoms with van der Waals surface area (Å²) in [6, 6.07) is 1.87. The van der Waals surface area contributed by atoms with Crippen molar-refractivity contribution in [2.24, 2.45) is 11.8 Å². The van der Waals surface area contributed by atoms with Crippen LogP contribution in [0.1, 0.15) is 9.27 Å². The number of aliphatic carboxylic acids is 1. The number of hydrogen-bond acceptors (Lipinski definition) is 6. The highest BCUT2D eigenvalue weighted by atomic mass is 32.1. The van der Waals surface area contributed by atoms with Crippen molar-refractivity contribution in [3.05, 3.63) is 24.0 Å². The maximum absolute atomic E-state index is 12.0. The molecule has 0 aliphatic heterocycles. The second-order valence-corrected chi connectivity index (χ2v) is 6.13. The predicted octanol–water partition coefficient (Wildman–Crippen LogP) is 2.23. The summed E-state index contributed by atoms with van der Waals surface area (Å²) in [6.45, 7) is 0. The lowest BCUT2D eigenvalue weighted by Gasteiger charge is -2.00. The molecule has 4 rings (SSSR count). The van der Waals surface area contributed by atoms with Crippen LogP contribution in [0.3, 0.4) is 0 Å². The number of carbonyl (C=O) groups is 2. The normalized spacial score (nSPS) is 19.7. The lowest BCUT2D eigenvalue weighted by Crippen LogP contribution is -2.16. The second kappa shape index (κ2) is 5.13. The summed E-state index contributed by atoms with van der Waals surface area (Å²) in [5.74, 6) is -2.26. The first-order valence-corrected chi connectivity index (χ1v) is 7.79. The molecule has 3 N–H and O–H groups in total. The van der Waals surface area contributed by atoms with E-state index in [-0.39, 0.29) is 8.76 Å². The number of aromatic nitrogens is 4. The molecule has 0 aromatic carbocycles. The molecule has 1 saturated carbocycles. The van der Waals surface area contributed by atoms with Crippen LogP contribution in [0.25, 0.3) is 22.4 Å². The molecule has 3 aromatic rings. The highest BCUT2D eigenvalue weighted by Gasteiger charge is 2.48. The third-order valence-electron chi connectivity index (χ3n) is 3.78. The van der Waals surface area contributed by atoms with E-state index in [0.717, 1.165) is 11.0 Å². The number of fused-ring (bicyclic) bond motifs is 1. The second-order valence-electron chi connectivity index (χ2n) is 5.28. The van der Waals surface area contributed by atoms with Crippen LogP contribution in [0, 0.1) is 11.8 Å². The van der Waals surface area contributed by atoms with Gasteiger partial charge in [-0.2, -0.15) is 0 Å². The maximum Gasteiger partial charge on any atom is 0.307 e. The van der Waals surface area contributed by atoms with Crippen molar-refractivity contribution in [3.8, 4) is 11.4 Å². The van der Waals surface area contributed by atoms with E-state index in [1.54, 1.807) is 11.6 Å². The molecule has 23 heavy (non-hydrogen) atoms. The third kappa shape index (κ3) is 2.44. The Labute approximate surface area is 136 Å². The number of amides is 1. The van der Waals surface area contributed by atoms with Crippen molar-refractivity contribution in [1.29, 1.82) is 0 Å². The Bertz CT molecular complexity index is 928. The molecule has 1 aliphatic carbocycles. The summed E-state index contributed by atoms with van der Waals surface area (Å²) < 4.78 is 0. The van der Waals surface area contributed by atoms with E-state index in [9.17, 15) is 9.59 Å². The van der Waals surface area contributed by atoms with Gasteiger partial charge in [0.25, 0.3) is 0 Å². The number of H-pyrrole nitrogens is 1. The highest BCUT2D eigenvalue weighted by Crippen LogP contribution is 2.39. The van der Waals surface area contributed by atoms with Crippen LogP contribution in [0.4, 0.5) is 5.13 Å². The lowest BCUT2D eigenvalue weighted by atomic mass is 10.2. The van der Waals surface area contributed by atoms with Crippen LogP contribution in [-0.4, -0.2) is 36.9 Å². The largest absolute Gasteiger partial charge is 0.481 e. The molecule has 8 nitrogen and oxygen atoms in total. The Kier molecular flexibility index (Phi) is 3.08. The molecule has 3 heterocycles. The van der Waals surface area contributed by atoms with Gasteiger partial charge in [0.2, 0.25) is 5.91 Å². The van der Waals surface area contributed by atoms with Crippen LogP contribution in [0.2, 0.25) is 0 Å². The minimum atomic E-state index is -0.930. The summed E-state index contributed by atoms with van der Waals surface area (Å²) in [7, 11) is 0. The van der Waals surface area contributed by atoms with Gasteiger partial charge in [-0.3, -0.25) is 9.59 Å². The van der Waals surface area contributed by atoms with Gasteiger partial charge >= 0.3 is 5.97 Å². The molecule has 0 saturated heterocycles. The van der Waals surface area contributed by atoms with Crippen LogP contribution >= 0.6 is 11.3 Å². The Morgan fingerprint density at radius 1 is 1.39 bits per heavy atom. The van der Waals surface area contributed by atoms with Gasteiger partial charge in [0.15, 0.2) is 5.13 Å². The first-order valence-electron chi connectivity index (χ1n) is 6.91. The van der Waals surface area contributed by atoms with E-state index in [4.69, 9.17) is 5.11 Å². The Morgan fingerprint density at radius 2 is 2.26 bits per heavy atom. The number of carbonyl (C=O) groups excluding carboxylic acids is 1. The first kappa shape index (κ1) is 13.8. The summed E-state index contributed by atoms with van der Waals surface area (Å²) >= 11 is 1.28. The van der Waals surface area contributed by atoms with E-state index >= 15 is 0 Å². The first-order chi connectivity index (χ1) is 11.1. The van der Waals surface area contributed by atoms with Crippen LogP contribution in [0.5, 0.6) is 0 Å². The molecular weight excluding hydrogens is 318 g/mol. The molecule has 1 fully saturated rings. The zero-order valence-corrected chi connectivity index (χ0v) is 12.5. The van der Waals surface area contributed by atoms with Gasteiger partial charge < -0.3 is 15.4 Å². The van der Waals surface area contributed by atoms with Crippen molar-refractivity contribution in [2.45, 2.75) is 6.42 Å². The van der Waals surface area contributed by atoms with Gasteiger partial charge in [-0.15, -0.1) is 11.3 Å². The standard InChI is InChI=1S/C14H11N5O3S.2H2/c20-12(7-3-8(7)13(21)22)19-14-18-9(4-23-14)10-6-1-2-15-11(6)17-5-16-10;;/h1-2,4-5,7-8H,3H2,(H,21,22)(H,15,16,17)(H,18,19,20);2*1H/t7-,8+;;/m1../s1. The SMILES string of the molecule is O=C(O)[C@H]1C[C@H]1C(=O)Nc1nc(-c2ncnc3[nH]ccc23)cs1.[HH].[HH]. The number of carboxylic acid groups (broad SMARTS) is 1. The predicted molar refractivity (Wildman–Crippen MR) is 87.1 cm³/mol. The number of anilines is 1. The summed E-state index contributed by atoms with van der Waals surface area (Å²) in [6.07, 6.45) is 3.61. The number of thiazole rings is 1. The van der Waals surface area contributed by atoms with E-state index in [2.05, 4.69) is 25.3 Å². The number of rotatable bonds is 4. The fourth-order valence-corrected chi connectivity index (χ4v) is 3.17. The monoisotopic (exact) mass is 333 g/mol. The van der Waals surface area contributed by atoms with Crippen molar-refractivity contribution in [1.82, 2.24) is 19.9 Å². The van der Waals surface area contributed by atoms with Gasteiger partial charge in [0, 0.05) is 19.8 Å². The highest BCUT2D eigenvalue weighted by molar-refractivity contribution is 7.14. The molecule has 120 valence electrons.